The Bertz CT molecular complexity index is 524. The third kappa shape index (κ3) is 2.10. The second-order valence-electron chi connectivity index (χ2n) is 3.39. The second kappa shape index (κ2) is 4.05. The van der Waals surface area contributed by atoms with Crippen LogP contribution in [0.4, 0.5) is 0 Å². The van der Waals surface area contributed by atoms with E-state index in [4.69, 9.17) is 0 Å². The van der Waals surface area contributed by atoms with E-state index in [-0.39, 0.29) is 5.78 Å². The Morgan fingerprint density at radius 1 is 1.33 bits per heavy atom. The number of benzene rings is 1. The molecule has 0 amide bonds. The molecule has 0 aliphatic heterocycles. The predicted molar refractivity (Wildman–Crippen MR) is 61.5 cm³/mol. The molecule has 2 nitrogen and oxygen atoms in total. The summed E-state index contributed by atoms with van der Waals surface area (Å²) in [7, 11) is 0. The fourth-order valence-corrected chi connectivity index (χ4v) is 1.50. The van der Waals surface area contributed by atoms with E-state index in [0.717, 1.165) is 16.3 Å². The number of carbonyl (C=O) groups excluding carboxylic acids is 1. The van der Waals surface area contributed by atoms with Crippen molar-refractivity contribution in [3.05, 3.63) is 48.3 Å². The predicted octanol–water partition coefficient (Wildman–Crippen LogP) is 2.84. The van der Waals surface area contributed by atoms with Crippen LogP contribution in [-0.4, -0.2) is 10.8 Å². The van der Waals surface area contributed by atoms with Crippen LogP contribution in [0, 0.1) is 0 Å². The van der Waals surface area contributed by atoms with E-state index in [0.29, 0.717) is 0 Å². The van der Waals surface area contributed by atoms with E-state index in [1.165, 1.54) is 0 Å². The van der Waals surface area contributed by atoms with Gasteiger partial charge >= 0.3 is 0 Å². The number of allylic oxidation sites excluding steroid dienone is 1. The van der Waals surface area contributed by atoms with Crippen LogP contribution in [0.15, 0.2) is 42.7 Å². The Morgan fingerprint density at radius 2 is 2.20 bits per heavy atom. The molecule has 0 aliphatic rings. The molecule has 0 atom stereocenters. The van der Waals surface area contributed by atoms with E-state index in [9.17, 15) is 4.79 Å². The van der Waals surface area contributed by atoms with E-state index in [1.807, 2.05) is 36.5 Å². The molecule has 0 N–H and O–H groups in total. The normalized spacial score (nSPS) is 11.0. The summed E-state index contributed by atoms with van der Waals surface area (Å²) < 4.78 is 0. The van der Waals surface area contributed by atoms with Crippen LogP contribution in [0.25, 0.3) is 16.8 Å². The Labute approximate surface area is 88.3 Å². The summed E-state index contributed by atoms with van der Waals surface area (Å²) in [6.45, 7) is 1.54. The van der Waals surface area contributed by atoms with Crippen molar-refractivity contribution in [2.45, 2.75) is 6.92 Å². The minimum Gasteiger partial charge on any atom is -0.295 e. The highest BCUT2D eigenvalue weighted by molar-refractivity contribution is 5.96. The molecule has 15 heavy (non-hydrogen) atoms. The smallest absolute Gasteiger partial charge is 0.152 e. The van der Waals surface area contributed by atoms with E-state index >= 15 is 0 Å². The van der Waals surface area contributed by atoms with Crippen LogP contribution >= 0.6 is 0 Å². The van der Waals surface area contributed by atoms with Gasteiger partial charge in [-0.05, 0) is 30.0 Å². The van der Waals surface area contributed by atoms with Crippen molar-refractivity contribution in [1.29, 1.82) is 0 Å². The highest BCUT2D eigenvalue weighted by atomic mass is 16.1. The van der Waals surface area contributed by atoms with Crippen molar-refractivity contribution in [2.75, 3.05) is 0 Å². The molecule has 0 radical (unpaired) electrons. The third-order valence-corrected chi connectivity index (χ3v) is 2.21. The number of nitrogens with zero attached hydrogens (tertiary/aromatic N) is 1. The molecule has 2 heteroatoms. The summed E-state index contributed by atoms with van der Waals surface area (Å²) in [6.07, 6.45) is 6.99. The van der Waals surface area contributed by atoms with Crippen molar-refractivity contribution in [3.8, 4) is 0 Å². The van der Waals surface area contributed by atoms with Crippen LogP contribution < -0.4 is 0 Å². The lowest BCUT2D eigenvalue weighted by Crippen LogP contribution is -1.82. The van der Waals surface area contributed by atoms with Gasteiger partial charge in [0.2, 0.25) is 0 Å². The first kappa shape index (κ1) is 9.59. The fourth-order valence-electron chi connectivity index (χ4n) is 1.50. The number of hydrogen-bond donors (Lipinski definition) is 0. The first-order valence-electron chi connectivity index (χ1n) is 4.79. The van der Waals surface area contributed by atoms with Crippen molar-refractivity contribution < 1.29 is 4.79 Å². The summed E-state index contributed by atoms with van der Waals surface area (Å²) in [4.78, 5) is 14.9. The zero-order valence-electron chi connectivity index (χ0n) is 8.47. The molecule has 2 aromatic rings. The van der Waals surface area contributed by atoms with Crippen LogP contribution in [0.5, 0.6) is 0 Å². The summed E-state index contributed by atoms with van der Waals surface area (Å²) in [6, 6.07) is 7.91. The van der Waals surface area contributed by atoms with Gasteiger partial charge in [0.25, 0.3) is 0 Å². The van der Waals surface area contributed by atoms with Crippen LogP contribution in [0.1, 0.15) is 12.5 Å². The standard InChI is InChI=1S/C13H11NO/c1-10(15)5-6-11-3-2-4-12-9-14-8-7-13(11)12/h2-9H,1H3/b6-5+. The molecule has 0 spiro atoms. The maximum Gasteiger partial charge on any atom is 0.152 e. The first-order chi connectivity index (χ1) is 7.27. The SMILES string of the molecule is CC(=O)/C=C/c1cccc2cnccc12. The number of aromatic nitrogens is 1. The van der Waals surface area contributed by atoms with E-state index in [2.05, 4.69) is 4.98 Å². The molecule has 0 bridgehead atoms. The lowest BCUT2D eigenvalue weighted by atomic mass is 10.1. The molecule has 0 saturated carbocycles. The molecule has 1 heterocycles. The highest BCUT2D eigenvalue weighted by Gasteiger charge is 1.96. The van der Waals surface area contributed by atoms with Gasteiger partial charge in [-0.3, -0.25) is 9.78 Å². The second-order valence-corrected chi connectivity index (χ2v) is 3.39. The van der Waals surface area contributed by atoms with E-state index < -0.39 is 0 Å². The molecular weight excluding hydrogens is 186 g/mol. The summed E-state index contributed by atoms with van der Waals surface area (Å²) in [5.41, 5.74) is 1.05. The topological polar surface area (TPSA) is 30.0 Å². The van der Waals surface area contributed by atoms with Crippen molar-refractivity contribution in [1.82, 2.24) is 4.98 Å². The van der Waals surface area contributed by atoms with E-state index in [1.54, 1.807) is 19.2 Å². The van der Waals surface area contributed by atoms with Gasteiger partial charge in [-0.25, -0.2) is 0 Å². The first-order valence-corrected chi connectivity index (χ1v) is 4.79. The summed E-state index contributed by atoms with van der Waals surface area (Å²) in [5, 5.41) is 2.20. The Hall–Kier alpha value is -1.96. The largest absolute Gasteiger partial charge is 0.295 e. The number of hydrogen-bond acceptors (Lipinski definition) is 2. The van der Waals surface area contributed by atoms with Gasteiger partial charge in [0.1, 0.15) is 0 Å². The van der Waals surface area contributed by atoms with Crippen LogP contribution in [-0.2, 0) is 4.79 Å². The molecule has 2 rings (SSSR count). The average Bonchev–Trinajstić information content (AvgIpc) is 2.26. The molecule has 74 valence electrons. The molecular formula is C13H11NO. The lowest BCUT2D eigenvalue weighted by molar-refractivity contribution is -0.112. The van der Waals surface area contributed by atoms with Crippen molar-refractivity contribution in [3.63, 3.8) is 0 Å². The molecule has 1 aromatic heterocycles. The fraction of sp³-hybridized carbons (Fsp3) is 0.0769. The maximum absolute atomic E-state index is 10.9. The van der Waals surface area contributed by atoms with Gasteiger partial charge in [0, 0.05) is 17.8 Å². The highest BCUT2D eigenvalue weighted by Crippen LogP contribution is 2.18. The minimum absolute atomic E-state index is 0.0565. The van der Waals surface area contributed by atoms with Gasteiger partial charge in [0.05, 0.1) is 0 Å². The number of pyridine rings is 1. The van der Waals surface area contributed by atoms with Crippen molar-refractivity contribution in [2.24, 2.45) is 0 Å². The number of fused-ring (bicyclic) bond motifs is 1. The van der Waals surface area contributed by atoms with Crippen LogP contribution in [0.2, 0.25) is 0 Å². The van der Waals surface area contributed by atoms with Gasteiger partial charge < -0.3 is 0 Å². The monoisotopic (exact) mass is 197 g/mol. The zero-order valence-corrected chi connectivity index (χ0v) is 8.47. The lowest BCUT2D eigenvalue weighted by Gasteiger charge is -2.00. The Morgan fingerprint density at radius 3 is 3.00 bits per heavy atom. The van der Waals surface area contributed by atoms with Crippen molar-refractivity contribution >= 4 is 22.6 Å². The number of rotatable bonds is 2. The zero-order chi connectivity index (χ0) is 10.7. The molecule has 0 fully saturated rings. The minimum atomic E-state index is 0.0565. The summed E-state index contributed by atoms with van der Waals surface area (Å²) in [5.74, 6) is 0.0565. The molecule has 1 aromatic carbocycles. The number of ketones is 1. The average molecular weight is 197 g/mol. The van der Waals surface area contributed by atoms with Gasteiger partial charge in [0.15, 0.2) is 5.78 Å². The number of carbonyl (C=O) groups is 1. The third-order valence-electron chi connectivity index (χ3n) is 2.21. The molecule has 0 aliphatic carbocycles. The maximum atomic E-state index is 10.9. The quantitative estimate of drug-likeness (QED) is 0.693. The van der Waals surface area contributed by atoms with Gasteiger partial charge in [-0.15, -0.1) is 0 Å². The summed E-state index contributed by atoms with van der Waals surface area (Å²) >= 11 is 0. The van der Waals surface area contributed by atoms with Crippen LogP contribution in [0.3, 0.4) is 0 Å². The van der Waals surface area contributed by atoms with Gasteiger partial charge in [-0.1, -0.05) is 24.3 Å². The van der Waals surface area contributed by atoms with Gasteiger partial charge in [-0.2, -0.15) is 0 Å². The molecule has 0 saturated heterocycles. The Balaban J connectivity index is 2.56. The molecule has 0 unspecified atom stereocenters. The Kier molecular flexibility index (Phi) is 2.59.